The van der Waals surface area contributed by atoms with Crippen LogP contribution in [0.2, 0.25) is 0 Å². The maximum Gasteiger partial charge on any atom is 0.262 e. The number of benzene rings is 1. The summed E-state index contributed by atoms with van der Waals surface area (Å²) in [7, 11) is 0. The van der Waals surface area contributed by atoms with E-state index in [1.807, 2.05) is 37.3 Å². The third kappa shape index (κ3) is 3.92. The lowest BCUT2D eigenvalue weighted by molar-refractivity contribution is -0.343. The number of hydrogen-bond acceptors (Lipinski definition) is 6. The maximum absolute atomic E-state index is 6.01. The van der Waals surface area contributed by atoms with Crippen molar-refractivity contribution in [3.8, 4) is 0 Å². The molecule has 0 aliphatic rings. The van der Waals surface area contributed by atoms with E-state index in [9.17, 15) is 0 Å². The van der Waals surface area contributed by atoms with Crippen LogP contribution in [0, 0.1) is 6.92 Å². The Morgan fingerprint density at radius 1 is 1.04 bits per heavy atom. The van der Waals surface area contributed by atoms with Gasteiger partial charge in [0.2, 0.25) is 5.82 Å². The Kier molecular flexibility index (Phi) is 4.49. The van der Waals surface area contributed by atoms with Gasteiger partial charge in [-0.3, -0.25) is 20.6 Å². The first-order valence-corrected chi connectivity index (χ1v) is 8.62. The monoisotopic (exact) mass is 358 g/mol. The Balaban J connectivity index is 1.50. The summed E-state index contributed by atoms with van der Waals surface area (Å²) in [5.41, 5.74) is 9.99. The number of nitrogens with one attached hydrogen (secondary N) is 3. The lowest BCUT2D eigenvalue weighted by Crippen LogP contribution is -2.20. The Labute approximate surface area is 156 Å². The number of nitrogen functional groups attached to an aromatic ring is 1. The van der Waals surface area contributed by atoms with Crippen LogP contribution >= 0.6 is 0 Å². The van der Waals surface area contributed by atoms with Crippen LogP contribution in [-0.2, 0) is 6.54 Å². The maximum atomic E-state index is 6.01. The average molecular weight is 358 g/mol. The van der Waals surface area contributed by atoms with Crippen LogP contribution in [0.4, 0.5) is 23.1 Å². The number of H-pyrrole nitrogens is 1. The fourth-order valence-electron chi connectivity index (χ4n) is 2.83. The molecule has 1 aromatic carbocycles. The number of nitrogens with zero attached hydrogens (tertiary/aromatic N) is 3. The predicted molar refractivity (Wildman–Crippen MR) is 107 cm³/mol. The molecule has 0 unspecified atom stereocenters. The van der Waals surface area contributed by atoms with Gasteiger partial charge in [-0.2, -0.15) is 0 Å². The van der Waals surface area contributed by atoms with Crippen molar-refractivity contribution in [3.05, 3.63) is 72.3 Å². The normalized spacial score (nSPS) is 10.7. The summed E-state index contributed by atoms with van der Waals surface area (Å²) in [5.74, 6) is 1.81. The average Bonchev–Trinajstić information content (AvgIpc) is 2.68. The molecular formula is C20H20N7+. The third-order valence-electron chi connectivity index (χ3n) is 4.16. The Morgan fingerprint density at radius 3 is 2.85 bits per heavy atom. The van der Waals surface area contributed by atoms with E-state index in [-0.39, 0.29) is 0 Å². The van der Waals surface area contributed by atoms with Gasteiger partial charge in [0.1, 0.15) is 6.20 Å². The van der Waals surface area contributed by atoms with E-state index >= 15 is 0 Å². The molecule has 0 aliphatic heterocycles. The van der Waals surface area contributed by atoms with Crippen LogP contribution in [0.3, 0.4) is 0 Å². The fourth-order valence-corrected chi connectivity index (χ4v) is 2.83. The Bertz CT molecular complexity index is 1090. The molecule has 0 spiro atoms. The summed E-state index contributed by atoms with van der Waals surface area (Å²) in [6.07, 6.45) is 5.22. The first-order chi connectivity index (χ1) is 13.2. The molecule has 134 valence electrons. The molecule has 5 N–H and O–H groups in total. The van der Waals surface area contributed by atoms with Crippen molar-refractivity contribution >= 4 is 34.0 Å². The number of aryl methyl sites for hydroxylation is 1. The molecule has 4 aromatic rings. The van der Waals surface area contributed by atoms with Crippen LogP contribution < -0.4 is 21.4 Å². The van der Waals surface area contributed by atoms with E-state index < -0.39 is 0 Å². The third-order valence-corrected chi connectivity index (χ3v) is 4.16. The Hall–Kier alpha value is -3.74. The minimum Gasteiger partial charge on any atom is -0.378 e. The lowest BCUT2D eigenvalue weighted by Gasteiger charge is -2.07. The first-order valence-electron chi connectivity index (χ1n) is 8.62. The number of aromatic amines is 1. The molecule has 3 aromatic heterocycles. The zero-order valence-electron chi connectivity index (χ0n) is 14.9. The smallest absolute Gasteiger partial charge is 0.262 e. The number of hydrogen-bond donors (Lipinski definition) is 3. The number of rotatable bonds is 5. The minimum atomic E-state index is 0.411. The molecule has 7 nitrogen and oxygen atoms in total. The topological polar surface area (TPSA) is 103 Å². The van der Waals surface area contributed by atoms with Crippen LogP contribution in [0.1, 0.15) is 11.3 Å². The van der Waals surface area contributed by atoms with E-state index in [0.29, 0.717) is 18.2 Å². The van der Waals surface area contributed by atoms with Crippen LogP contribution in [0.15, 0.2) is 61.1 Å². The minimum absolute atomic E-state index is 0.411. The van der Waals surface area contributed by atoms with Gasteiger partial charge in [0, 0.05) is 23.5 Å². The summed E-state index contributed by atoms with van der Waals surface area (Å²) in [6, 6.07) is 14.0. The zero-order valence-corrected chi connectivity index (χ0v) is 14.9. The van der Waals surface area contributed by atoms with Gasteiger partial charge in [0.25, 0.3) is 5.82 Å². The molecule has 0 saturated carbocycles. The molecule has 0 amide bonds. The van der Waals surface area contributed by atoms with Crippen molar-refractivity contribution in [2.45, 2.75) is 13.5 Å². The molecule has 27 heavy (non-hydrogen) atoms. The van der Waals surface area contributed by atoms with Crippen molar-refractivity contribution < 1.29 is 4.98 Å². The fraction of sp³-hybridized carbons (Fsp3) is 0.100. The Morgan fingerprint density at radius 2 is 1.96 bits per heavy atom. The summed E-state index contributed by atoms with van der Waals surface area (Å²) < 4.78 is 0. The predicted octanol–water partition coefficient (Wildman–Crippen LogP) is 3.09. The molecule has 0 atom stereocenters. The summed E-state index contributed by atoms with van der Waals surface area (Å²) in [4.78, 5) is 16.0. The number of fused-ring (bicyclic) bond motifs is 1. The standard InChI is InChI=1S/C20H19N7/c1-13-9-16(6-8-22-13)26-18-12-24-19(21)20(27-18)25-11-14-4-5-17-15(10-14)3-2-7-23-17/h2-10,12H,11H2,1H3,(H2,21,24)(H2,22,25,26,27)/p+1. The van der Waals surface area contributed by atoms with Crippen LogP contribution in [-0.4, -0.2) is 15.0 Å². The molecule has 0 radical (unpaired) electrons. The zero-order chi connectivity index (χ0) is 18.6. The molecule has 0 fully saturated rings. The highest BCUT2D eigenvalue weighted by Crippen LogP contribution is 2.17. The number of pyridine rings is 2. The van der Waals surface area contributed by atoms with E-state index in [1.165, 1.54) is 0 Å². The van der Waals surface area contributed by atoms with Crippen LogP contribution in [0.25, 0.3) is 10.9 Å². The highest BCUT2D eigenvalue weighted by molar-refractivity contribution is 5.79. The second-order valence-electron chi connectivity index (χ2n) is 6.25. The van der Waals surface area contributed by atoms with Gasteiger partial charge in [-0.25, -0.2) is 9.97 Å². The van der Waals surface area contributed by atoms with E-state index in [2.05, 4.69) is 42.7 Å². The number of aromatic nitrogens is 4. The van der Waals surface area contributed by atoms with Crippen molar-refractivity contribution in [3.63, 3.8) is 0 Å². The lowest BCUT2D eigenvalue weighted by atomic mass is 10.1. The van der Waals surface area contributed by atoms with Gasteiger partial charge in [0.15, 0.2) is 5.82 Å². The summed E-state index contributed by atoms with van der Waals surface area (Å²) in [6.45, 7) is 2.56. The SMILES string of the molecule is Cc1cc(Nc2cnc(N)c(NCc3ccc4ncccc4c3)[nH+]2)ccn1. The molecule has 3 heterocycles. The van der Waals surface area contributed by atoms with Crippen molar-refractivity contribution in [2.24, 2.45) is 0 Å². The van der Waals surface area contributed by atoms with E-state index in [4.69, 9.17) is 5.73 Å². The number of anilines is 4. The van der Waals surface area contributed by atoms with Gasteiger partial charge in [-0.05, 0) is 42.8 Å². The van der Waals surface area contributed by atoms with Gasteiger partial charge in [-0.1, -0.05) is 12.1 Å². The van der Waals surface area contributed by atoms with Gasteiger partial charge in [0.05, 0.1) is 17.7 Å². The summed E-state index contributed by atoms with van der Waals surface area (Å²) >= 11 is 0. The molecular weight excluding hydrogens is 338 g/mol. The second-order valence-corrected chi connectivity index (χ2v) is 6.25. The van der Waals surface area contributed by atoms with Crippen molar-refractivity contribution in [1.29, 1.82) is 0 Å². The van der Waals surface area contributed by atoms with Crippen LogP contribution in [0.5, 0.6) is 0 Å². The van der Waals surface area contributed by atoms with E-state index in [1.54, 1.807) is 18.6 Å². The highest BCUT2D eigenvalue weighted by Gasteiger charge is 2.10. The first kappa shape index (κ1) is 16.7. The van der Waals surface area contributed by atoms with Gasteiger partial charge >= 0.3 is 0 Å². The molecule has 7 heteroatoms. The molecule has 4 rings (SSSR count). The highest BCUT2D eigenvalue weighted by atomic mass is 15.1. The molecule has 0 aliphatic carbocycles. The quantitative estimate of drug-likeness (QED) is 0.507. The largest absolute Gasteiger partial charge is 0.378 e. The van der Waals surface area contributed by atoms with Gasteiger partial charge < -0.3 is 5.73 Å². The van der Waals surface area contributed by atoms with Gasteiger partial charge in [-0.15, -0.1) is 0 Å². The van der Waals surface area contributed by atoms with Crippen molar-refractivity contribution in [2.75, 3.05) is 16.4 Å². The molecule has 0 bridgehead atoms. The molecule has 0 saturated heterocycles. The second kappa shape index (κ2) is 7.25. The summed E-state index contributed by atoms with van der Waals surface area (Å²) in [5, 5.41) is 7.70. The van der Waals surface area contributed by atoms with E-state index in [0.717, 1.165) is 33.7 Å². The van der Waals surface area contributed by atoms with Crippen molar-refractivity contribution in [1.82, 2.24) is 15.0 Å². The number of nitrogens with two attached hydrogens (primary N) is 1.